The largest absolute Gasteiger partial charge is 0.300 e. The minimum Gasteiger partial charge on any atom is -0.300 e. The molecule has 0 amide bonds. The van der Waals surface area contributed by atoms with Gasteiger partial charge in [-0.3, -0.25) is 0 Å². The van der Waals surface area contributed by atoms with E-state index in [0.29, 0.717) is 0 Å². The lowest BCUT2D eigenvalue weighted by molar-refractivity contribution is 1.21. The summed E-state index contributed by atoms with van der Waals surface area (Å²) in [7, 11) is 0. The molecular weight excluding hydrogens is 64.0 g/mol. The smallest absolute Gasteiger partial charge is 0.180 e. The van der Waals surface area contributed by atoms with Gasteiger partial charge in [-0.2, -0.15) is 5.26 Å². The Labute approximate surface area is 30.7 Å². The molecule has 0 unspecified atom stereocenters. The Bertz CT molecular complexity index is 59.8. The highest BCUT2D eigenvalue weighted by Crippen LogP contribution is 1.39. The van der Waals surface area contributed by atoms with E-state index in [1.54, 1.807) is 6.19 Å². The first kappa shape index (κ1) is 4.03. The zero-order valence-corrected chi connectivity index (χ0v) is 2.73. The molecule has 1 N–H and O–H groups in total. The lowest BCUT2D eigenvalue weighted by Crippen LogP contribution is -1.86. The summed E-state index contributed by atoms with van der Waals surface area (Å²) < 4.78 is 0. The summed E-state index contributed by atoms with van der Waals surface area (Å²) in [6, 6.07) is 0. The summed E-state index contributed by atoms with van der Waals surface area (Å²) in [5.74, 6) is 0. The monoisotopic (exact) mass is 68.0 g/mol. The first-order valence-corrected chi connectivity index (χ1v) is 1.17. The summed E-state index contributed by atoms with van der Waals surface area (Å²) in [4.78, 5) is 0. The van der Waals surface area contributed by atoms with Crippen molar-refractivity contribution in [3.8, 4) is 6.19 Å². The van der Waals surface area contributed by atoms with E-state index in [1.165, 1.54) is 6.20 Å². The van der Waals surface area contributed by atoms with Crippen molar-refractivity contribution >= 4 is 0 Å². The maximum absolute atomic E-state index is 7.63. The summed E-state index contributed by atoms with van der Waals surface area (Å²) in [5.41, 5.74) is 0. The van der Waals surface area contributed by atoms with Crippen LogP contribution in [0.5, 0.6) is 0 Å². The van der Waals surface area contributed by atoms with Gasteiger partial charge in [0.25, 0.3) is 0 Å². The highest BCUT2D eigenvalue weighted by Gasteiger charge is 1.48. The van der Waals surface area contributed by atoms with Gasteiger partial charge in [-0.05, 0) is 0 Å². The maximum atomic E-state index is 7.63. The third-order valence-electron chi connectivity index (χ3n) is 0.167. The topological polar surface area (TPSA) is 35.8 Å². The van der Waals surface area contributed by atoms with Gasteiger partial charge in [-0.15, -0.1) is 0 Å². The summed E-state index contributed by atoms with van der Waals surface area (Å²) in [6.07, 6.45) is 2.97. The van der Waals surface area contributed by atoms with Crippen LogP contribution in [0.4, 0.5) is 0 Å². The molecule has 0 aliphatic heterocycles. The highest BCUT2D eigenvalue weighted by atomic mass is 14.8. The number of nitrogens with one attached hydrogen (secondary N) is 1. The minimum atomic E-state index is 1.32. The number of rotatable bonds is 1. The Morgan fingerprint density at radius 3 is 2.60 bits per heavy atom. The van der Waals surface area contributed by atoms with E-state index in [0.717, 1.165) is 0 Å². The Kier molecular flexibility index (Phi) is 2.44. The average Bonchev–Trinajstić information content (AvgIpc) is 1.41. The first-order chi connectivity index (χ1) is 2.41. The van der Waals surface area contributed by atoms with E-state index in [4.69, 9.17) is 5.26 Å². The molecule has 0 aliphatic carbocycles. The molecule has 0 saturated heterocycles. The standard InChI is InChI=1S/C3H4N2/c1-2-5-3-4/h2,5H,1H2. The van der Waals surface area contributed by atoms with Crippen molar-refractivity contribution < 1.29 is 0 Å². The van der Waals surface area contributed by atoms with E-state index >= 15 is 0 Å². The highest BCUT2D eigenvalue weighted by molar-refractivity contribution is 4.74. The van der Waals surface area contributed by atoms with Gasteiger partial charge in [0.2, 0.25) is 0 Å². The van der Waals surface area contributed by atoms with Crippen molar-refractivity contribution in [1.29, 1.82) is 5.26 Å². The molecule has 0 bridgehead atoms. The van der Waals surface area contributed by atoms with Crippen molar-refractivity contribution in [2.24, 2.45) is 0 Å². The van der Waals surface area contributed by atoms with Gasteiger partial charge in [0.1, 0.15) is 0 Å². The van der Waals surface area contributed by atoms with Crippen LogP contribution in [0.2, 0.25) is 0 Å². The molecule has 2 nitrogen and oxygen atoms in total. The van der Waals surface area contributed by atoms with Gasteiger partial charge in [-0.1, -0.05) is 6.58 Å². The van der Waals surface area contributed by atoms with Crippen LogP contribution in [0.25, 0.3) is 0 Å². The summed E-state index contributed by atoms with van der Waals surface area (Å²) in [6.45, 7) is 3.22. The van der Waals surface area contributed by atoms with Crippen LogP contribution in [-0.2, 0) is 0 Å². The third kappa shape index (κ3) is 3.03. The molecule has 0 radical (unpaired) electrons. The number of hydrogen-bond donors (Lipinski definition) is 1. The third-order valence-corrected chi connectivity index (χ3v) is 0.167. The zero-order valence-electron chi connectivity index (χ0n) is 2.73. The Morgan fingerprint density at radius 1 is 2.00 bits per heavy atom. The Morgan fingerprint density at radius 2 is 2.60 bits per heavy atom. The number of nitriles is 1. The maximum Gasteiger partial charge on any atom is 0.180 e. The molecule has 0 heterocycles. The lowest BCUT2D eigenvalue weighted by atomic mass is 11.0. The van der Waals surface area contributed by atoms with E-state index < -0.39 is 0 Å². The quantitative estimate of drug-likeness (QED) is 0.352. The van der Waals surface area contributed by atoms with Crippen LogP contribution < -0.4 is 5.32 Å². The molecule has 0 saturated carbocycles. The molecule has 0 atom stereocenters. The molecule has 5 heavy (non-hydrogen) atoms. The van der Waals surface area contributed by atoms with Gasteiger partial charge in [0, 0.05) is 6.20 Å². The van der Waals surface area contributed by atoms with E-state index in [2.05, 4.69) is 11.9 Å². The van der Waals surface area contributed by atoms with Gasteiger partial charge < -0.3 is 5.32 Å². The van der Waals surface area contributed by atoms with Gasteiger partial charge in [0.05, 0.1) is 0 Å². The SMILES string of the molecule is C=CNC#N. The van der Waals surface area contributed by atoms with Gasteiger partial charge >= 0.3 is 0 Å². The van der Waals surface area contributed by atoms with Crippen LogP contribution in [0.3, 0.4) is 0 Å². The van der Waals surface area contributed by atoms with E-state index in [1.807, 2.05) is 0 Å². The number of hydrogen-bond acceptors (Lipinski definition) is 2. The average molecular weight is 68.1 g/mol. The van der Waals surface area contributed by atoms with Crippen LogP contribution in [-0.4, -0.2) is 0 Å². The lowest BCUT2D eigenvalue weighted by Gasteiger charge is -1.66. The Hall–Kier alpha value is -0.970. The fourth-order valence-electron chi connectivity index (χ4n) is 0.0456. The molecular formula is C3H4N2. The molecule has 0 spiro atoms. The molecule has 0 aromatic rings. The molecule has 0 rings (SSSR count). The molecule has 0 fully saturated rings. The molecule has 26 valence electrons. The fraction of sp³-hybridized carbons (Fsp3) is 0. The predicted molar refractivity (Wildman–Crippen MR) is 18.9 cm³/mol. The second kappa shape index (κ2) is 3.03. The van der Waals surface area contributed by atoms with Crippen LogP contribution in [0.15, 0.2) is 12.8 Å². The molecule has 0 aromatic heterocycles. The van der Waals surface area contributed by atoms with Crippen molar-refractivity contribution in [2.75, 3.05) is 0 Å². The van der Waals surface area contributed by atoms with E-state index in [-0.39, 0.29) is 0 Å². The van der Waals surface area contributed by atoms with Crippen molar-refractivity contribution in [3.63, 3.8) is 0 Å². The summed E-state index contributed by atoms with van der Waals surface area (Å²) >= 11 is 0. The van der Waals surface area contributed by atoms with Crippen molar-refractivity contribution in [3.05, 3.63) is 12.8 Å². The second-order valence-corrected chi connectivity index (χ2v) is 0.460. The van der Waals surface area contributed by atoms with E-state index in [9.17, 15) is 0 Å². The van der Waals surface area contributed by atoms with Crippen molar-refractivity contribution in [1.82, 2.24) is 5.32 Å². The van der Waals surface area contributed by atoms with Crippen LogP contribution in [0, 0.1) is 11.5 Å². The molecule has 2 heteroatoms. The Balaban J connectivity index is 2.75. The summed E-state index contributed by atoms with van der Waals surface area (Å²) in [5, 5.41) is 9.81. The predicted octanol–water partition coefficient (Wildman–Crippen LogP) is 0.201. The van der Waals surface area contributed by atoms with Crippen molar-refractivity contribution in [2.45, 2.75) is 0 Å². The van der Waals surface area contributed by atoms with Gasteiger partial charge in [0.15, 0.2) is 6.19 Å². The van der Waals surface area contributed by atoms with Crippen LogP contribution >= 0.6 is 0 Å². The normalized spacial score (nSPS) is 4.60. The minimum absolute atomic E-state index is 1.32. The number of nitrogens with zero attached hydrogens (tertiary/aromatic N) is 1. The zero-order chi connectivity index (χ0) is 4.12. The fourth-order valence-corrected chi connectivity index (χ4v) is 0.0456. The van der Waals surface area contributed by atoms with Crippen LogP contribution in [0.1, 0.15) is 0 Å². The first-order valence-electron chi connectivity index (χ1n) is 1.17. The molecule has 0 aliphatic rings. The molecule has 0 aromatic carbocycles. The second-order valence-electron chi connectivity index (χ2n) is 0.460. The van der Waals surface area contributed by atoms with Gasteiger partial charge in [-0.25, -0.2) is 0 Å².